The summed E-state index contributed by atoms with van der Waals surface area (Å²) in [7, 11) is -1.61. The van der Waals surface area contributed by atoms with Crippen molar-refractivity contribution in [1.82, 2.24) is 9.65 Å². The highest BCUT2D eigenvalue weighted by atomic mass is 32.2. The Kier molecular flexibility index (Phi) is 4.12. The van der Waals surface area contributed by atoms with Crippen LogP contribution in [0.3, 0.4) is 0 Å². The topological polar surface area (TPSA) is 104 Å². The third-order valence-electron chi connectivity index (χ3n) is 3.29. The van der Waals surface area contributed by atoms with Crippen LogP contribution >= 0.6 is 19.9 Å². The molecule has 1 aliphatic heterocycles. The summed E-state index contributed by atoms with van der Waals surface area (Å²) in [6.45, 7) is 0. The molecule has 0 fully saturated rings. The molecule has 7 nitrogen and oxygen atoms in total. The molecule has 1 unspecified atom stereocenters. The normalized spacial score (nSPS) is 16.8. The number of nitrogens with one attached hydrogen (secondary N) is 1. The van der Waals surface area contributed by atoms with Crippen LogP contribution in [0.4, 0.5) is 0 Å². The number of aliphatic hydroxyl groups excluding tert-OH is 1. The fraction of sp³-hybridized carbons (Fsp3) is 0.0714. The molecule has 1 aliphatic rings. The second-order valence-corrected chi connectivity index (χ2v) is 6.37. The molecular weight excluding hydrogens is 339 g/mol. The van der Waals surface area contributed by atoms with Crippen LogP contribution in [0.2, 0.25) is 0 Å². The summed E-state index contributed by atoms with van der Waals surface area (Å²) in [5, 5.41) is 15.7. The molecule has 9 heteroatoms. The zero-order valence-electron chi connectivity index (χ0n) is 11.8. The monoisotopic (exact) mass is 350 g/mol. The lowest BCUT2D eigenvalue weighted by atomic mass is 10.1. The van der Waals surface area contributed by atoms with E-state index in [0.717, 1.165) is 16.1 Å². The number of para-hydroxylation sites is 1. The van der Waals surface area contributed by atoms with E-state index in [0.29, 0.717) is 21.5 Å². The van der Waals surface area contributed by atoms with E-state index < -0.39 is 14.1 Å². The highest BCUT2D eigenvalue weighted by Gasteiger charge is 2.24. The molecule has 0 aliphatic carbocycles. The highest BCUT2D eigenvalue weighted by molar-refractivity contribution is 8.06. The van der Waals surface area contributed by atoms with Gasteiger partial charge in [0.1, 0.15) is 10.7 Å². The molecule has 3 rings (SSSR count). The number of esters is 1. The average molecular weight is 350 g/mol. The summed E-state index contributed by atoms with van der Waals surface area (Å²) in [5.74, 6) is -0.692. The third kappa shape index (κ3) is 2.72. The van der Waals surface area contributed by atoms with Crippen molar-refractivity contribution in [2.45, 2.75) is 0 Å². The molecule has 0 amide bonds. The van der Waals surface area contributed by atoms with Gasteiger partial charge in [0.15, 0.2) is 5.76 Å². The van der Waals surface area contributed by atoms with Gasteiger partial charge in [-0.3, -0.25) is 0 Å². The van der Waals surface area contributed by atoms with Gasteiger partial charge in [0.2, 0.25) is 0 Å². The molecular formula is C14H11N2O5PS. The van der Waals surface area contributed by atoms with Gasteiger partial charge in [0.25, 0.3) is 0 Å². The van der Waals surface area contributed by atoms with Gasteiger partial charge in [-0.25, -0.2) is 4.79 Å². The fourth-order valence-corrected chi connectivity index (χ4v) is 3.57. The lowest BCUT2D eigenvalue weighted by Crippen LogP contribution is -2.16. The molecule has 2 N–H and O–H groups in total. The number of fused-ring (bicyclic) bond motifs is 1. The quantitative estimate of drug-likeness (QED) is 0.496. The number of aliphatic hydroxyl groups is 1. The third-order valence-corrected chi connectivity index (χ3v) is 4.85. The van der Waals surface area contributed by atoms with Gasteiger partial charge in [-0.05, 0) is 10.6 Å². The van der Waals surface area contributed by atoms with Gasteiger partial charge in [0.05, 0.1) is 18.8 Å². The molecule has 2 heterocycles. The Labute approximate surface area is 136 Å². The van der Waals surface area contributed by atoms with Gasteiger partial charge in [-0.15, -0.1) is 4.34 Å². The summed E-state index contributed by atoms with van der Waals surface area (Å²) in [6, 6.07) is 6.82. The number of methoxy groups -OCH3 is 1. The van der Waals surface area contributed by atoms with Crippen molar-refractivity contribution in [3.05, 3.63) is 52.2 Å². The maximum atomic E-state index is 11.5. The maximum Gasteiger partial charge on any atom is 0.444 e. The van der Waals surface area contributed by atoms with Gasteiger partial charge < -0.3 is 20.1 Å². The zero-order chi connectivity index (χ0) is 16.6. The number of carbonyl (C=O) groups is 1. The van der Waals surface area contributed by atoms with Crippen molar-refractivity contribution in [1.29, 1.82) is 0 Å². The summed E-state index contributed by atoms with van der Waals surface area (Å²) in [4.78, 5) is 22.8. The Bertz CT molecular complexity index is 886. The number of thioether (sulfide) groups is 1. The number of rotatable bonds is 3. The van der Waals surface area contributed by atoms with Crippen molar-refractivity contribution in [2.24, 2.45) is 0 Å². The Morgan fingerprint density at radius 1 is 1.43 bits per heavy atom. The maximum absolute atomic E-state index is 11.5. The zero-order valence-corrected chi connectivity index (χ0v) is 13.6. The molecule has 118 valence electrons. The molecule has 23 heavy (non-hydrogen) atoms. The van der Waals surface area contributed by atoms with Gasteiger partial charge >= 0.3 is 14.1 Å². The number of aromatic nitrogens is 1. The largest absolute Gasteiger partial charge is 0.573 e. The molecule has 1 aromatic carbocycles. The van der Waals surface area contributed by atoms with E-state index >= 15 is 0 Å². The Balaban J connectivity index is 2.06. The summed E-state index contributed by atoms with van der Waals surface area (Å²) in [5.41, 5.74) is 1.03. The lowest BCUT2D eigenvalue weighted by Gasteiger charge is -2.05. The first-order valence-electron chi connectivity index (χ1n) is 6.43. The Morgan fingerprint density at radius 3 is 2.87 bits per heavy atom. The van der Waals surface area contributed by atoms with Gasteiger partial charge in [-0.2, -0.15) is 0 Å². The fourth-order valence-electron chi connectivity index (χ4n) is 2.23. The van der Waals surface area contributed by atoms with Crippen molar-refractivity contribution < 1.29 is 24.1 Å². The summed E-state index contributed by atoms with van der Waals surface area (Å²) < 4.78 is 17.0. The number of hydrogen-bond acceptors (Lipinski definition) is 7. The molecule has 1 atom stereocenters. The first-order valence-corrected chi connectivity index (χ1v) is 8.44. The molecule has 0 radical (unpaired) electrons. The number of ether oxygens (including phenoxy) is 1. The first kappa shape index (κ1) is 15.6. The van der Waals surface area contributed by atoms with E-state index in [2.05, 4.69) is 10.1 Å². The molecule has 0 bridgehead atoms. The van der Waals surface area contributed by atoms with Crippen molar-refractivity contribution >= 4 is 42.6 Å². The number of benzene rings is 1. The predicted molar refractivity (Wildman–Crippen MR) is 85.3 cm³/mol. The van der Waals surface area contributed by atoms with Crippen LogP contribution in [-0.2, 0) is 14.1 Å². The van der Waals surface area contributed by atoms with Crippen molar-refractivity contribution in [2.75, 3.05) is 7.11 Å². The van der Waals surface area contributed by atoms with E-state index in [1.165, 1.54) is 18.7 Å². The Morgan fingerprint density at radius 2 is 2.17 bits per heavy atom. The van der Waals surface area contributed by atoms with Crippen molar-refractivity contribution in [3.8, 4) is 0 Å². The van der Waals surface area contributed by atoms with Crippen LogP contribution in [-0.4, -0.2) is 22.5 Å². The average Bonchev–Trinajstić information content (AvgIpc) is 3.18. The Hall–Kier alpha value is -2.28. The molecule has 1 aromatic heterocycles. The van der Waals surface area contributed by atoms with Crippen LogP contribution in [0.15, 0.2) is 46.6 Å². The number of nitrogens with zero attached hydrogens (tertiary/aromatic N) is 1. The molecule has 0 saturated heterocycles. The second kappa shape index (κ2) is 6.08. The SMILES string of the molecule is COC(=O)C1=CSC(=C(O)c2cn([P+](=O)[O-])c3ccccc23)N1. The van der Waals surface area contributed by atoms with Gasteiger partial charge in [0, 0.05) is 16.4 Å². The van der Waals surface area contributed by atoms with Crippen LogP contribution in [0.25, 0.3) is 16.7 Å². The number of carbonyl (C=O) groups excluding carboxylic acids is 1. The summed E-state index contributed by atoms with van der Waals surface area (Å²) >= 11 is 1.12. The molecule has 2 aromatic rings. The van der Waals surface area contributed by atoms with E-state index in [4.69, 9.17) is 0 Å². The van der Waals surface area contributed by atoms with E-state index in [1.54, 1.807) is 24.3 Å². The predicted octanol–water partition coefficient (Wildman–Crippen LogP) is 2.04. The highest BCUT2D eigenvalue weighted by Crippen LogP contribution is 2.36. The number of hydrogen-bond donors (Lipinski definition) is 2. The second-order valence-electron chi connectivity index (χ2n) is 4.59. The van der Waals surface area contributed by atoms with Gasteiger partial charge in [-0.1, -0.05) is 30.0 Å². The van der Waals surface area contributed by atoms with E-state index in [9.17, 15) is 19.4 Å². The smallest absolute Gasteiger partial charge is 0.444 e. The standard InChI is InChI=1S/C14H11N2O5PS/c1-21-14(18)10-7-23-13(15-10)12(17)9-6-16(22(19)20)11-5-3-2-4-8(9)11/h2-7,15,17H,1H3. The van der Waals surface area contributed by atoms with Crippen molar-refractivity contribution in [3.63, 3.8) is 0 Å². The van der Waals surface area contributed by atoms with E-state index in [1.807, 2.05) is 0 Å². The first-order chi connectivity index (χ1) is 11.0. The minimum absolute atomic E-state index is 0.142. The minimum Gasteiger partial charge on any atom is -0.573 e. The molecule has 0 saturated carbocycles. The molecule has 0 spiro atoms. The van der Waals surface area contributed by atoms with Crippen LogP contribution in [0.1, 0.15) is 5.56 Å². The van der Waals surface area contributed by atoms with Crippen LogP contribution in [0.5, 0.6) is 0 Å². The minimum atomic E-state index is -2.86. The van der Waals surface area contributed by atoms with E-state index in [-0.39, 0.29) is 11.5 Å². The van der Waals surface area contributed by atoms with Crippen LogP contribution < -0.4 is 10.2 Å². The lowest BCUT2D eigenvalue weighted by molar-refractivity contribution is -0.166. The summed E-state index contributed by atoms with van der Waals surface area (Å²) in [6.07, 6.45) is 1.34. The van der Waals surface area contributed by atoms with Crippen LogP contribution in [0, 0.1) is 0 Å².